The van der Waals surface area contributed by atoms with Crippen LogP contribution in [0.4, 0.5) is 13.2 Å². The number of hydrogen-bond acceptors (Lipinski definition) is 4. The summed E-state index contributed by atoms with van der Waals surface area (Å²) in [5, 5.41) is 7.05. The van der Waals surface area contributed by atoms with Gasteiger partial charge in [-0.3, -0.25) is 9.89 Å². The first-order chi connectivity index (χ1) is 15.7. The van der Waals surface area contributed by atoms with Crippen LogP contribution in [0.2, 0.25) is 5.02 Å². The van der Waals surface area contributed by atoms with Gasteiger partial charge in [0.25, 0.3) is 0 Å². The first kappa shape index (κ1) is 23.0. The average molecular weight is 477 g/mol. The number of aromatic amines is 1. The molecule has 1 aromatic heterocycles. The molecule has 1 aliphatic rings. The summed E-state index contributed by atoms with van der Waals surface area (Å²) in [5.74, 6) is -1.97. The molecule has 33 heavy (non-hydrogen) atoms. The second-order valence-corrected chi connectivity index (χ2v) is 8.14. The maximum atomic E-state index is 13.6. The minimum Gasteiger partial charge on any atom is -0.462 e. The molecule has 1 N–H and O–H groups in total. The summed E-state index contributed by atoms with van der Waals surface area (Å²) < 4.78 is 45.9. The molecule has 1 aliphatic carbocycles. The van der Waals surface area contributed by atoms with E-state index in [2.05, 4.69) is 10.2 Å². The number of H-pyrrole nitrogens is 1. The number of Topliss-reactive ketones (excluding diaryl/α,β-unsaturated/α-hetero) is 1. The minimum atomic E-state index is -4.71. The Morgan fingerprint density at radius 2 is 1.91 bits per heavy atom. The number of nitrogens with one attached hydrogen (secondary N) is 1. The van der Waals surface area contributed by atoms with E-state index in [1.807, 2.05) is 0 Å². The molecule has 0 spiro atoms. The highest BCUT2D eigenvalue weighted by Crippen LogP contribution is 2.43. The van der Waals surface area contributed by atoms with Crippen LogP contribution in [0.25, 0.3) is 11.3 Å². The monoisotopic (exact) mass is 476 g/mol. The van der Waals surface area contributed by atoms with Crippen LogP contribution in [0.5, 0.6) is 0 Å². The molecular formula is C24H20ClF3N2O3. The summed E-state index contributed by atoms with van der Waals surface area (Å²) in [6.45, 7) is 1.96. The second kappa shape index (κ2) is 9.02. The summed E-state index contributed by atoms with van der Waals surface area (Å²) in [4.78, 5) is 25.4. The van der Waals surface area contributed by atoms with Crippen LogP contribution in [0.3, 0.4) is 0 Å². The van der Waals surface area contributed by atoms with Crippen LogP contribution in [0.1, 0.15) is 63.2 Å². The number of carbonyl (C=O) groups excluding carboxylic acids is 2. The molecule has 5 nitrogen and oxygen atoms in total. The number of hydrogen-bond donors (Lipinski definition) is 1. The molecule has 0 radical (unpaired) electrons. The van der Waals surface area contributed by atoms with Crippen molar-refractivity contribution in [3.05, 3.63) is 75.4 Å². The molecule has 0 aliphatic heterocycles. The zero-order chi connectivity index (χ0) is 23.8. The number of aryl methyl sites for hydroxylation is 1. The van der Waals surface area contributed by atoms with E-state index in [0.717, 1.165) is 6.07 Å². The quantitative estimate of drug-likeness (QED) is 0.350. The lowest BCUT2D eigenvalue weighted by Gasteiger charge is -2.24. The highest BCUT2D eigenvalue weighted by molar-refractivity contribution is 6.34. The van der Waals surface area contributed by atoms with E-state index in [4.69, 9.17) is 16.3 Å². The first-order valence-corrected chi connectivity index (χ1v) is 10.8. The number of aromatic nitrogens is 2. The van der Waals surface area contributed by atoms with Crippen molar-refractivity contribution in [2.24, 2.45) is 0 Å². The van der Waals surface area contributed by atoms with Crippen LogP contribution in [-0.4, -0.2) is 28.6 Å². The molecule has 4 rings (SSSR count). The van der Waals surface area contributed by atoms with Gasteiger partial charge in [-0.1, -0.05) is 29.8 Å². The van der Waals surface area contributed by atoms with Crippen molar-refractivity contribution in [1.82, 2.24) is 10.2 Å². The number of alkyl halides is 3. The summed E-state index contributed by atoms with van der Waals surface area (Å²) in [7, 11) is 0. The second-order valence-electron chi connectivity index (χ2n) is 7.73. The fourth-order valence-electron chi connectivity index (χ4n) is 4.23. The molecule has 3 aromatic rings. The van der Waals surface area contributed by atoms with Crippen molar-refractivity contribution >= 4 is 23.4 Å². The van der Waals surface area contributed by atoms with Crippen molar-refractivity contribution in [2.45, 2.75) is 38.3 Å². The molecule has 0 amide bonds. The third kappa shape index (κ3) is 4.39. The van der Waals surface area contributed by atoms with E-state index in [1.165, 1.54) is 12.1 Å². The molecule has 1 atom stereocenters. The maximum Gasteiger partial charge on any atom is 0.417 e. The molecule has 0 saturated carbocycles. The fraction of sp³-hybridized carbons (Fsp3) is 0.292. The van der Waals surface area contributed by atoms with Crippen LogP contribution in [-0.2, 0) is 17.3 Å². The van der Waals surface area contributed by atoms with E-state index >= 15 is 0 Å². The topological polar surface area (TPSA) is 72.0 Å². The third-order valence-corrected chi connectivity index (χ3v) is 6.02. The number of ether oxygens (including phenoxy) is 1. The number of fused-ring (bicyclic) bond motifs is 1. The first-order valence-electron chi connectivity index (χ1n) is 10.5. The Bertz CT molecular complexity index is 1200. The number of nitrogens with zero attached hydrogens (tertiary/aromatic N) is 1. The van der Waals surface area contributed by atoms with Gasteiger partial charge in [-0.15, -0.1) is 0 Å². The largest absolute Gasteiger partial charge is 0.462 e. The van der Waals surface area contributed by atoms with Gasteiger partial charge in [0.05, 0.1) is 34.4 Å². The number of ketones is 1. The van der Waals surface area contributed by atoms with Gasteiger partial charge in [-0.05, 0) is 50.5 Å². The zero-order valence-corrected chi connectivity index (χ0v) is 18.4. The zero-order valence-electron chi connectivity index (χ0n) is 17.6. The van der Waals surface area contributed by atoms with Gasteiger partial charge in [0.1, 0.15) is 0 Å². The molecule has 1 heterocycles. The maximum absolute atomic E-state index is 13.6. The number of carbonyl (C=O) groups is 2. The van der Waals surface area contributed by atoms with Crippen LogP contribution in [0, 0.1) is 0 Å². The van der Waals surface area contributed by atoms with Crippen molar-refractivity contribution in [3.8, 4) is 11.3 Å². The van der Waals surface area contributed by atoms with Gasteiger partial charge in [-0.25, -0.2) is 4.79 Å². The molecule has 2 aromatic carbocycles. The van der Waals surface area contributed by atoms with E-state index in [1.54, 1.807) is 31.2 Å². The Kier molecular flexibility index (Phi) is 6.30. The minimum absolute atomic E-state index is 0.231. The van der Waals surface area contributed by atoms with Gasteiger partial charge in [0.2, 0.25) is 0 Å². The molecular weight excluding hydrogens is 457 g/mol. The Hall–Kier alpha value is -3.13. The van der Waals surface area contributed by atoms with Crippen molar-refractivity contribution in [3.63, 3.8) is 0 Å². The highest BCUT2D eigenvalue weighted by atomic mass is 35.5. The van der Waals surface area contributed by atoms with Gasteiger partial charge in [0.15, 0.2) is 5.78 Å². The lowest BCUT2D eigenvalue weighted by Crippen LogP contribution is -2.22. The number of esters is 1. The van der Waals surface area contributed by atoms with E-state index in [0.29, 0.717) is 47.3 Å². The van der Waals surface area contributed by atoms with E-state index in [-0.39, 0.29) is 11.6 Å². The molecule has 0 fully saturated rings. The van der Waals surface area contributed by atoms with Crippen LogP contribution >= 0.6 is 11.6 Å². The normalized spacial score (nSPS) is 15.7. The molecule has 172 valence electrons. The van der Waals surface area contributed by atoms with Gasteiger partial charge < -0.3 is 4.74 Å². The number of benzene rings is 2. The summed E-state index contributed by atoms with van der Waals surface area (Å²) in [6.07, 6.45) is -3.09. The summed E-state index contributed by atoms with van der Waals surface area (Å²) in [6, 6.07) is 9.87. The molecule has 1 unspecified atom stereocenters. The molecule has 0 bridgehead atoms. The lowest BCUT2D eigenvalue weighted by molar-refractivity contribution is -0.137. The Balaban J connectivity index is 1.75. The third-order valence-electron chi connectivity index (χ3n) is 5.70. The number of rotatable bonds is 5. The average Bonchev–Trinajstić information content (AvgIpc) is 3.22. The number of halogens is 4. The lowest BCUT2D eigenvalue weighted by atomic mass is 9.79. The van der Waals surface area contributed by atoms with E-state index < -0.39 is 35.0 Å². The van der Waals surface area contributed by atoms with Crippen LogP contribution in [0.15, 0.2) is 42.5 Å². The highest BCUT2D eigenvalue weighted by Gasteiger charge is 2.40. The van der Waals surface area contributed by atoms with Crippen molar-refractivity contribution in [1.29, 1.82) is 0 Å². The van der Waals surface area contributed by atoms with Crippen LogP contribution < -0.4 is 0 Å². The summed E-state index contributed by atoms with van der Waals surface area (Å²) in [5.41, 5.74) is 1.19. The van der Waals surface area contributed by atoms with Gasteiger partial charge in [-0.2, -0.15) is 18.3 Å². The predicted molar refractivity (Wildman–Crippen MR) is 116 cm³/mol. The standard InChI is InChI=1S/C24H20ClF3N2O3/c1-2-33-23(32)14-11-9-13(10-12-14)21-19-15(5-3-8-18(19)29-30-21)22(31)20-16(24(26,27)28)6-4-7-17(20)25/h4,6-7,9-12,15H,2-3,5,8H2,1H3,(H,29,30). The van der Waals surface area contributed by atoms with E-state index in [9.17, 15) is 22.8 Å². The van der Waals surface area contributed by atoms with Gasteiger partial charge in [0, 0.05) is 22.4 Å². The Labute approximate surface area is 192 Å². The summed E-state index contributed by atoms with van der Waals surface area (Å²) >= 11 is 6.09. The Morgan fingerprint density at radius 1 is 1.18 bits per heavy atom. The SMILES string of the molecule is CCOC(=O)c1ccc(-c2n[nH]c3c2C(C(=O)c2c(Cl)cccc2C(F)(F)F)CCC3)cc1. The van der Waals surface area contributed by atoms with Crippen molar-refractivity contribution < 1.29 is 27.5 Å². The molecule has 0 saturated heterocycles. The Morgan fingerprint density at radius 3 is 2.58 bits per heavy atom. The molecule has 9 heteroatoms. The smallest absolute Gasteiger partial charge is 0.417 e. The predicted octanol–water partition coefficient (Wildman–Crippen LogP) is 6.23. The fourth-order valence-corrected chi connectivity index (χ4v) is 4.49. The van der Waals surface area contributed by atoms with Crippen molar-refractivity contribution in [2.75, 3.05) is 6.61 Å². The van der Waals surface area contributed by atoms with Gasteiger partial charge >= 0.3 is 12.1 Å².